The molecule has 11 N–H and O–H groups in total. The van der Waals surface area contributed by atoms with Gasteiger partial charge in [0.25, 0.3) is 0 Å². The van der Waals surface area contributed by atoms with Crippen LogP contribution in [-0.4, -0.2) is 214 Å². The summed E-state index contributed by atoms with van der Waals surface area (Å²) >= 11 is 7.04. The number of hydrogen-bond acceptors (Lipinski definition) is 24. The highest BCUT2D eigenvalue weighted by molar-refractivity contribution is 8.23. The van der Waals surface area contributed by atoms with Crippen molar-refractivity contribution in [1.82, 2.24) is 16.0 Å². The molecule has 6 unspecified atom stereocenters. The number of aliphatic hydroxyl groups is 4. The van der Waals surface area contributed by atoms with E-state index in [1.165, 1.54) is 27.9 Å². The molecular formula is C44H64N4O23S3. The Morgan fingerprint density at radius 3 is 2.04 bits per heavy atom. The summed E-state index contributed by atoms with van der Waals surface area (Å²) in [6, 6.07) is -4.31. The maximum Gasteiger partial charge on any atom is 0.341 e. The van der Waals surface area contributed by atoms with Crippen LogP contribution in [0.3, 0.4) is 0 Å². The minimum atomic E-state index is -3.07. The number of rotatable bonds is 24. The number of aliphatic carboxylic acids is 3. The normalized spacial score (nSPS) is 29.5. The van der Waals surface area contributed by atoms with E-state index >= 15 is 0 Å². The Labute approximate surface area is 437 Å². The maximum atomic E-state index is 14.4. The molecule has 74 heavy (non-hydrogen) atoms. The Balaban J connectivity index is 2.00. The fourth-order valence-electron chi connectivity index (χ4n) is 8.22. The Kier molecular flexibility index (Phi) is 23.2. The first-order valence-electron chi connectivity index (χ1n) is 22.9. The predicted molar refractivity (Wildman–Crippen MR) is 260 cm³/mol. The van der Waals surface area contributed by atoms with Crippen LogP contribution < -0.4 is 16.0 Å². The van der Waals surface area contributed by atoms with Crippen LogP contribution in [0.5, 0.6) is 0 Å². The summed E-state index contributed by atoms with van der Waals surface area (Å²) in [5, 5.41) is 89.8. The molecular weight excluding hydrogens is 1050 g/mol. The topological polar surface area (TPSA) is 420 Å². The first-order chi connectivity index (χ1) is 34.4. The zero-order valence-electron chi connectivity index (χ0n) is 41.7. The molecule has 16 atom stereocenters. The molecule has 2 aliphatic heterocycles. The number of ketones is 1. The molecule has 30 heteroatoms. The molecule has 2 amide bonds. The van der Waals surface area contributed by atoms with Gasteiger partial charge in [0.1, 0.15) is 94.9 Å². The molecule has 0 saturated carbocycles. The highest BCUT2D eigenvalue weighted by atomic mass is 32.2. The van der Waals surface area contributed by atoms with Gasteiger partial charge in [-0.15, -0.1) is 0 Å². The molecule has 2 fully saturated rings. The van der Waals surface area contributed by atoms with Crippen LogP contribution in [0.2, 0.25) is 0 Å². The van der Waals surface area contributed by atoms with Gasteiger partial charge in [0, 0.05) is 51.1 Å². The first kappa shape index (κ1) is 63.2. The highest BCUT2D eigenvalue weighted by Gasteiger charge is 2.62. The lowest BCUT2D eigenvalue weighted by Crippen LogP contribution is -2.70. The minimum absolute atomic E-state index is 0.176. The van der Waals surface area contributed by atoms with Gasteiger partial charge >= 0.3 is 35.8 Å². The van der Waals surface area contributed by atoms with Crippen LogP contribution in [0.4, 0.5) is 0 Å². The SMILES string of the molecule is CCC(C)C(=O)OC(C)[C@@]1(OC(=O)[C@H](CSC(=S)NC(C(=O)O)C(C)SCC(NC(C)=O)C(=O)O)NC(C)=O)[C@H](C)O[C@H](O[C@H]2[C@H](O)[C@H](C3(O)CC(=O)C(=N)C(C(=O)O)=C3O)O[C@H](COC(C)=O)[C@H]2O)C[C@H]1OC. The van der Waals surface area contributed by atoms with Crippen LogP contribution in [0.1, 0.15) is 74.7 Å². The number of nitrogens with one attached hydrogen (secondary N) is 4. The number of thioether (sulfide) groups is 2. The molecule has 3 aliphatic rings. The summed E-state index contributed by atoms with van der Waals surface area (Å²) in [6.45, 7) is 9.94. The molecule has 27 nitrogen and oxygen atoms in total. The van der Waals surface area contributed by atoms with Gasteiger partial charge in [-0.2, -0.15) is 11.8 Å². The number of carboxylic acids is 3. The van der Waals surface area contributed by atoms with Crippen molar-refractivity contribution in [2.45, 2.75) is 164 Å². The molecule has 0 aromatic rings. The van der Waals surface area contributed by atoms with Crippen molar-refractivity contribution < 1.29 is 112 Å². The number of Topliss-reactive ketones (excluding diaryl/α,β-unsaturated/α-hetero) is 1. The predicted octanol–water partition coefficient (Wildman–Crippen LogP) is -1.27. The van der Waals surface area contributed by atoms with Crippen molar-refractivity contribution in [3.05, 3.63) is 11.3 Å². The largest absolute Gasteiger partial charge is 0.508 e. The molecule has 0 spiro atoms. The van der Waals surface area contributed by atoms with Crippen molar-refractivity contribution in [3.63, 3.8) is 0 Å². The van der Waals surface area contributed by atoms with Gasteiger partial charge in [0.2, 0.25) is 17.4 Å². The number of ether oxygens (including phenoxy) is 7. The van der Waals surface area contributed by atoms with Crippen molar-refractivity contribution >= 4 is 99.2 Å². The third kappa shape index (κ3) is 15.3. The van der Waals surface area contributed by atoms with Crippen LogP contribution in [0, 0.1) is 11.3 Å². The summed E-state index contributed by atoms with van der Waals surface area (Å²) in [5.74, 6) is -12.8. The monoisotopic (exact) mass is 1110 g/mol. The van der Waals surface area contributed by atoms with Crippen molar-refractivity contribution in [1.29, 1.82) is 5.41 Å². The summed E-state index contributed by atoms with van der Waals surface area (Å²) in [7, 11) is 1.18. The molecule has 0 radical (unpaired) electrons. The third-order valence-corrected chi connectivity index (χ3v) is 15.1. The number of aliphatic hydroxyl groups excluding tert-OH is 3. The number of carbonyl (C=O) groups is 9. The zero-order valence-corrected chi connectivity index (χ0v) is 44.2. The van der Waals surface area contributed by atoms with Crippen LogP contribution in [0.15, 0.2) is 11.3 Å². The maximum absolute atomic E-state index is 14.4. The number of thiocarbonyl (C=S) groups is 1. The molecule has 0 aromatic heterocycles. The Morgan fingerprint density at radius 1 is 0.905 bits per heavy atom. The van der Waals surface area contributed by atoms with Crippen molar-refractivity contribution in [2.75, 3.05) is 25.2 Å². The van der Waals surface area contributed by atoms with Gasteiger partial charge in [0.15, 0.2) is 17.7 Å². The number of carbonyl (C=O) groups excluding carboxylic acids is 6. The number of carboxylic acid groups (broad SMARTS) is 3. The number of methoxy groups -OCH3 is 1. The molecule has 0 aromatic carbocycles. The second-order valence-corrected chi connectivity index (χ2v) is 20.8. The van der Waals surface area contributed by atoms with E-state index in [9.17, 15) is 78.9 Å². The van der Waals surface area contributed by atoms with Gasteiger partial charge in [0.05, 0.1) is 12.3 Å². The van der Waals surface area contributed by atoms with E-state index in [4.69, 9.17) is 50.8 Å². The van der Waals surface area contributed by atoms with E-state index in [0.717, 1.165) is 44.3 Å². The van der Waals surface area contributed by atoms with Gasteiger partial charge in [-0.1, -0.05) is 44.8 Å². The Hall–Kier alpha value is -5.05. The summed E-state index contributed by atoms with van der Waals surface area (Å²) in [4.78, 5) is 113. The summed E-state index contributed by atoms with van der Waals surface area (Å²) in [5.41, 5.74) is -7.68. The average Bonchev–Trinajstić information content (AvgIpc) is 3.30. The quantitative estimate of drug-likeness (QED) is 0.0305. The molecule has 2 heterocycles. The number of hydrogen-bond donors (Lipinski definition) is 11. The lowest BCUT2D eigenvalue weighted by molar-refractivity contribution is -0.346. The highest BCUT2D eigenvalue weighted by Crippen LogP contribution is 2.43. The number of esters is 3. The minimum Gasteiger partial charge on any atom is -0.508 e. The second-order valence-electron chi connectivity index (χ2n) is 17.7. The molecule has 416 valence electrons. The van der Waals surface area contributed by atoms with Crippen molar-refractivity contribution in [3.8, 4) is 0 Å². The second kappa shape index (κ2) is 27.1. The summed E-state index contributed by atoms with van der Waals surface area (Å²) < 4.78 is 40.9. The zero-order chi connectivity index (χ0) is 56.3. The van der Waals surface area contributed by atoms with E-state index in [2.05, 4.69) is 16.0 Å². The van der Waals surface area contributed by atoms with Crippen LogP contribution in [0.25, 0.3) is 0 Å². The Morgan fingerprint density at radius 2 is 1.51 bits per heavy atom. The van der Waals surface area contributed by atoms with Gasteiger partial charge < -0.3 is 84.9 Å². The standard InChI is InChI=1S/C44H64N4O23S3/c1-10-16(2)40(62)68-19(5)44(71-41(63)24(47-21(7)50)15-74-42(72)48-31(39(60)61)17(3)73-14-23(37(56)57)46-20(6)49)18(4)67-28(11-27(44)65-9)70-34-32(53)26(13-66-22(8)51)69-36(33(34)54)43(64)12-25(52)30(45)29(35(43)55)38(58)59/h16-19,23-24,26-28,31-34,36,45,53-55,64H,10-15H2,1-9H3,(H,46,49)(H,47,50)(H,48,72)(H,56,57)(H,58,59)(H,60,61)/t16?,17?,18-,19?,23?,24-,26+,27+,28+,31?,32+,33-,34+,36+,43?,44-/m0/s1. The number of amides is 2. The van der Waals surface area contributed by atoms with E-state index in [0.29, 0.717) is 6.42 Å². The Bertz CT molecular complexity index is 2200. The van der Waals surface area contributed by atoms with E-state index < -0.39 is 191 Å². The van der Waals surface area contributed by atoms with Crippen molar-refractivity contribution in [2.24, 2.45) is 5.92 Å². The smallest absolute Gasteiger partial charge is 0.341 e. The third-order valence-electron chi connectivity index (χ3n) is 12.4. The van der Waals surface area contributed by atoms with Gasteiger partial charge in [-0.25, -0.2) is 19.2 Å². The summed E-state index contributed by atoms with van der Waals surface area (Å²) in [6.07, 6.45) is -17.4. The molecule has 1 aliphatic carbocycles. The van der Waals surface area contributed by atoms with Gasteiger partial charge in [-0.3, -0.25) is 29.4 Å². The first-order valence-corrected chi connectivity index (χ1v) is 25.3. The lowest BCUT2D eigenvalue weighted by atomic mass is 9.74. The van der Waals surface area contributed by atoms with E-state index in [-0.39, 0.29) is 10.1 Å². The van der Waals surface area contributed by atoms with Gasteiger partial charge in [-0.05, 0) is 20.3 Å². The fraction of sp³-hybridized carbons (Fsp3) is 0.705. The molecule has 0 bridgehead atoms. The fourth-order valence-corrected chi connectivity index (χ4v) is 10.4. The molecule has 2 saturated heterocycles. The van der Waals surface area contributed by atoms with Crippen LogP contribution in [-0.2, 0) is 76.3 Å². The molecule has 3 rings (SSSR count). The van der Waals surface area contributed by atoms with E-state index in [1.807, 2.05) is 0 Å². The van der Waals surface area contributed by atoms with Crippen LogP contribution >= 0.6 is 35.7 Å². The average molecular weight is 1110 g/mol. The van der Waals surface area contributed by atoms with E-state index in [1.54, 1.807) is 13.8 Å². The lowest BCUT2D eigenvalue weighted by Gasteiger charge is -2.52.